The van der Waals surface area contributed by atoms with Crippen LogP contribution in [0.15, 0.2) is 77.7 Å². The summed E-state index contributed by atoms with van der Waals surface area (Å²) in [7, 11) is -4.02. The summed E-state index contributed by atoms with van der Waals surface area (Å²) in [5.74, 6) is -0.643. The number of anilines is 2. The predicted molar refractivity (Wildman–Crippen MR) is 139 cm³/mol. The first-order valence-electron chi connectivity index (χ1n) is 11.5. The second kappa shape index (κ2) is 10.6. The van der Waals surface area contributed by atoms with Crippen molar-refractivity contribution in [2.75, 3.05) is 16.2 Å². The van der Waals surface area contributed by atoms with Crippen LogP contribution in [0.5, 0.6) is 5.75 Å². The fraction of sp³-hybridized carbons (Fsp3) is 0.231. The van der Waals surface area contributed by atoms with E-state index in [1.807, 2.05) is 13.8 Å². The molecule has 1 aliphatic heterocycles. The largest absolute Gasteiger partial charge is 0.476 e. The lowest BCUT2D eigenvalue weighted by Crippen LogP contribution is -2.49. The van der Waals surface area contributed by atoms with Gasteiger partial charge in [0, 0.05) is 11.1 Å². The molecule has 0 unspecified atom stereocenters. The average molecular weight is 528 g/mol. The van der Waals surface area contributed by atoms with Crippen molar-refractivity contribution in [3.63, 3.8) is 0 Å². The number of carbonyl (C=O) groups is 2. The van der Waals surface area contributed by atoms with Crippen molar-refractivity contribution >= 4 is 44.8 Å². The Kier molecular flexibility index (Phi) is 7.51. The van der Waals surface area contributed by atoms with Gasteiger partial charge in [-0.1, -0.05) is 42.8 Å². The summed E-state index contributed by atoms with van der Waals surface area (Å²) in [6.45, 7) is 3.60. The number of nitrogens with one attached hydrogen (secondary N) is 2. The van der Waals surface area contributed by atoms with Crippen LogP contribution < -0.4 is 19.7 Å². The molecule has 0 saturated carbocycles. The van der Waals surface area contributed by atoms with Gasteiger partial charge in [0.25, 0.3) is 21.8 Å². The maximum Gasteiger partial charge on any atom is 0.267 e. The molecule has 1 heterocycles. The minimum Gasteiger partial charge on any atom is -0.476 e. The topological polar surface area (TPSA) is 105 Å². The van der Waals surface area contributed by atoms with Crippen LogP contribution in [0.3, 0.4) is 0 Å². The molecule has 0 aliphatic carbocycles. The molecule has 0 fully saturated rings. The standard InChI is InChI=1S/C26H26ClN3O5S/c1-3-17(2)28-25(31)20-8-4-5-9-21(20)29-26(32)24-16-30(22-10-6-7-11-23(22)35-24)36(33,34)19-14-12-18(27)13-15-19/h4-15,17,24H,3,16H2,1-2H3,(H,28,31)(H,29,32)/t17-,24-/m0/s1. The zero-order valence-corrected chi connectivity index (χ0v) is 21.3. The van der Waals surface area contributed by atoms with Gasteiger partial charge in [-0.2, -0.15) is 0 Å². The molecule has 0 radical (unpaired) electrons. The quantitative estimate of drug-likeness (QED) is 0.472. The van der Waals surface area contributed by atoms with E-state index < -0.39 is 22.0 Å². The highest BCUT2D eigenvalue weighted by molar-refractivity contribution is 7.92. The summed E-state index contributed by atoms with van der Waals surface area (Å²) in [6, 6.07) is 19.0. The van der Waals surface area contributed by atoms with E-state index in [9.17, 15) is 18.0 Å². The highest BCUT2D eigenvalue weighted by Gasteiger charge is 2.37. The summed E-state index contributed by atoms with van der Waals surface area (Å²) in [4.78, 5) is 26.0. The molecule has 36 heavy (non-hydrogen) atoms. The van der Waals surface area contributed by atoms with E-state index >= 15 is 0 Å². The Morgan fingerprint density at radius 1 is 1.06 bits per heavy atom. The van der Waals surface area contributed by atoms with Gasteiger partial charge >= 0.3 is 0 Å². The maximum atomic E-state index is 13.5. The van der Waals surface area contributed by atoms with Crippen LogP contribution >= 0.6 is 11.6 Å². The molecule has 2 atom stereocenters. The van der Waals surface area contributed by atoms with E-state index in [0.717, 1.165) is 10.7 Å². The maximum absolute atomic E-state index is 13.5. The number of amides is 2. The van der Waals surface area contributed by atoms with Crippen molar-refractivity contribution in [3.8, 4) is 5.75 Å². The summed E-state index contributed by atoms with van der Waals surface area (Å²) in [6.07, 6.45) is -0.402. The monoisotopic (exact) mass is 527 g/mol. The molecule has 4 rings (SSSR count). The lowest BCUT2D eigenvalue weighted by atomic mass is 10.1. The van der Waals surface area contributed by atoms with E-state index in [-0.39, 0.29) is 29.1 Å². The van der Waals surface area contributed by atoms with Gasteiger partial charge in [0.05, 0.1) is 28.4 Å². The van der Waals surface area contributed by atoms with Crippen LogP contribution in [-0.4, -0.2) is 38.9 Å². The molecule has 3 aromatic rings. The Morgan fingerprint density at radius 3 is 2.44 bits per heavy atom. The van der Waals surface area contributed by atoms with Gasteiger partial charge in [-0.15, -0.1) is 0 Å². The van der Waals surface area contributed by atoms with Gasteiger partial charge in [0.15, 0.2) is 6.10 Å². The molecule has 188 valence electrons. The highest BCUT2D eigenvalue weighted by atomic mass is 35.5. The number of ether oxygens (including phenoxy) is 1. The highest BCUT2D eigenvalue weighted by Crippen LogP contribution is 2.37. The Labute approximate surface area is 215 Å². The molecule has 10 heteroatoms. The number of hydrogen-bond donors (Lipinski definition) is 2. The number of fused-ring (bicyclic) bond motifs is 1. The van der Waals surface area contributed by atoms with Gasteiger partial charge < -0.3 is 15.4 Å². The lowest BCUT2D eigenvalue weighted by Gasteiger charge is -2.34. The third kappa shape index (κ3) is 5.32. The number of carbonyl (C=O) groups excluding carboxylic acids is 2. The Bertz CT molecular complexity index is 1380. The van der Waals surface area contributed by atoms with Gasteiger partial charge in [-0.3, -0.25) is 13.9 Å². The molecular weight excluding hydrogens is 502 g/mol. The number of hydrogen-bond acceptors (Lipinski definition) is 5. The minimum absolute atomic E-state index is 0.0360. The summed E-state index contributed by atoms with van der Waals surface area (Å²) in [5.41, 5.74) is 0.927. The fourth-order valence-electron chi connectivity index (χ4n) is 3.71. The van der Waals surface area contributed by atoms with Crippen molar-refractivity contribution in [1.29, 1.82) is 0 Å². The molecule has 0 spiro atoms. The van der Waals surface area contributed by atoms with Gasteiger partial charge in [0.1, 0.15) is 5.75 Å². The second-order valence-corrected chi connectivity index (χ2v) is 10.7. The number of halogens is 1. The van der Waals surface area contributed by atoms with Crippen molar-refractivity contribution in [3.05, 3.63) is 83.4 Å². The minimum atomic E-state index is -4.02. The zero-order valence-electron chi connectivity index (χ0n) is 19.8. The molecule has 0 saturated heterocycles. The summed E-state index contributed by atoms with van der Waals surface area (Å²) in [5, 5.41) is 6.03. The number of para-hydroxylation sites is 3. The van der Waals surface area contributed by atoms with E-state index in [1.54, 1.807) is 48.5 Å². The molecule has 8 nitrogen and oxygen atoms in total. The Hall–Kier alpha value is -3.56. The number of nitrogens with zero attached hydrogens (tertiary/aromatic N) is 1. The molecule has 0 bridgehead atoms. The SMILES string of the molecule is CC[C@H](C)NC(=O)c1ccccc1NC(=O)[C@@H]1CN(S(=O)(=O)c2ccc(Cl)cc2)c2ccccc2O1. The first-order valence-corrected chi connectivity index (χ1v) is 13.3. The van der Waals surface area contributed by atoms with Crippen LogP contribution in [0.2, 0.25) is 5.02 Å². The third-order valence-corrected chi connectivity index (χ3v) is 7.89. The summed E-state index contributed by atoms with van der Waals surface area (Å²) < 4.78 is 34.1. The first-order chi connectivity index (χ1) is 17.2. The summed E-state index contributed by atoms with van der Waals surface area (Å²) >= 11 is 5.93. The number of benzene rings is 3. The lowest BCUT2D eigenvalue weighted by molar-refractivity contribution is -0.122. The Morgan fingerprint density at radius 2 is 1.72 bits per heavy atom. The second-order valence-electron chi connectivity index (χ2n) is 8.38. The normalized spacial score (nSPS) is 15.9. The molecule has 2 amide bonds. The van der Waals surface area contributed by atoms with Gasteiger partial charge in [0.2, 0.25) is 0 Å². The van der Waals surface area contributed by atoms with E-state index in [0.29, 0.717) is 22.0 Å². The van der Waals surface area contributed by atoms with Crippen molar-refractivity contribution in [2.45, 2.75) is 37.3 Å². The van der Waals surface area contributed by atoms with Crippen LogP contribution in [0.25, 0.3) is 0 Å². The van der Waals surface area contributed by atoms with Crippen molar-refractivity contribution < 1.29 is 22.7 Å². The van der Waals surface area contributed by atoms with Crippen molar-refractivity contribution in [2.24, 2.45) is 0 Å². The van der Waals surface area contributed by atoms with Crippen LogP contribution in [0.4, 0.5) is 11.4 Å². The molecule has 2 N–H and O–H groups in total. The number of rotatable bonds is 7. The average Bonchev–Trinajstić information content (AvgIpc) is 2.88. The van der Waals surface area contributed by atoms with Crippen molar-refractivity contribution in [1.82, 2.24) is 5.32 Å². The van der Waals surface area contributed by atoms with E-state index in [2.05, 4.69) is 10.6 Å². The Balaban J connectivity index is 1.62. The molecule has 0 aromatic heterocycles. The molecule has 3 aromatic carbocycles. The van der Waals surface area contributed by atoms with Crippen LogP contribution in [0, 0.1) is 0 Å². The van der Waals surface area contributed by atoms with E-state index in [4.69, 9.17) is 16.3 Å². The van der Waals surface area contributed by atoms with E-state index in [1.165, 1.54) is 24.3 Å². The number of sulfonamides is 1. The van der Waals surface area contributed by atoms with Crippen LogP contribution in [-0.2, 0) is 14.8 Å². The zero-order chi connectivity index (χ0) is 25.9. The predicted octanol–water partition coefficient (Wildman–Crippen LogP) is 4.46. The van der Waals surface area contributed by atoms with Gasteiger partial charge in [-0.05, 0) is 61.9 Å². The smallest absolute Gasteiger partial charge is 0.267 e. The third-order valence-electron chi connectivity index (χ3n) is 5.85. The fourth-order valence-corrected chi connectivity index (χ4v) is 5.31. The van der Waals surface area contributed by atoms with Gasteiger partial charge in [-0.25, -0.2) is 8.42 Å². The molecular formula is C26H26ClN3O5S. The van der Waals surface area contributed by atoms with Crippen LogP contribution in [0.1, 0.15) is 30.6 Å². The first kappa shape index (κ1) is 25.5. The molecule has 1 aliphatic rings.